The molecule has 2 saturated heterocycles. The molecule has 2 aliphatic rings. The first-order valence-electron chi connectivity index (χ1n) is 12.0. The molecule has 3 heterocycles. The highest BCUT2D eigenvalue weighted by molar-refractivity contribution is 6.03. The van der Waals surface area contributed by atoms with Gasteiger partial charge in [-0.2, -0.15) is 5.10 Å². The summed E-state index contributed by atoms with van der Waals surface area (Å²) in [5.41, 5.74) is -0.473. The fourth-order valence-electron chi connectivity index (χ4n) is 4.39. The third-order valence-electron chi connectivity index (χ3n) is 6.43. The number of benzene rings is 2. The Labute approximate surface area is 215 Å². The van der Waals surface area contributed by atoms with Gasteiger partial charge < -0.3 is 20.1 Å². The van der Waals surface area contributed by atoms with Gasteiger partial charge in [0.05, 0.1) is 11.6 Å². The van der Waals surface area contributed by atoms with E-state index < -0.39 is 17.7 Å². The first-order valence-corrected chi connectivity index (χ1v) is 12.0. The molecule has 0 spiro atoms. The summed E-state index contributed by atoms with van der Waals surface area (Å²) in [6.45, 7) is 1.92. The van der Waals surface area contributed by atoms with Crippen LogP contribution in [0.2, 0.25) is 0 Å². The molecule has 1 aromatic heterocycles. The molecule has 2 fully saturated rings. The second kappa shape index (κ2) is 10.4. The van der Waals surface area contributed by atoms with Gasteiger partial charge in [-0.1, -0.05) is 0 Å². The van der Waals surface area contributed by atoms with Crippen molar-refractivity contribution in [2.75, 3.05) is 31.1 Å². The molecular weight excluding hydrogens is 503 g/mol. The lowest BCUT2D eigenvalue weighted by atomic mass is 9.91. The summed E-state index contributed by atoms with van der Waals surface area (Å²) < 4.78 is 47.5. The Hall–Kier alpha value is -4.03. The monoisotopic (exact) mass is 527 g/mol. The van der Waals surface area contributed by atoms with Gasteiger partial charge in [0.2, 0.25) is 11.7 Å². The summed E-state index contributed by atoms with van der Waals surface area (Å²) in [5.74, 6) is -0.265. The lowest BCUT2D eigenvalue weighted by molar-refractivity contribution is -0.274. The fraction of sp³-hybridized carbons (Fsp3) is 0.308. The quantitative estimate of drug-likeness (QED) is 0.430. The lowest BCUT2D eigenvalue weighted by Crippen LogP contribution is -2.51. The van der Waals surface area contributed by atoms with Crippen molar-refractivity contribution in [2.24, 2.45) is 5.92 Å². The molecule has 3 aromatic rings. The van der Waals surface area contributed by atoms with Crippen LogP contribution in [-0.4, -0.2) is 60.0 Å². The molecule has 5 rings (SSSR count). The van der Waals surface area contributed by atoms with Crippen molar-refractivity contribution >= 4 is 23.2 Å². The molecule has 2 aromatic carbocycles. The van der Waals surface area contributed by atoms with Gasteiger partial charge in [-0.05, 0) is 67.2 Å². The summed E-state index contributed by atoms with van der Waals surface area (Å²) >= 11 is 0. The van der Waals surface area contributed by atoms with Crippen molar-refractivity contribution in [3.63, 3.8) is 0 Å². The Balaban J connectivity index is 1.36. The van der Waals surface area contributed by atoms with Crippen molar-refractivity contribution in [1.82, 2.24) is 20.8 Å². The highest BCUT2D eigenvalue weighted by Crippen LogP contribution is 2.32. The zero-order valence-corrected chi connectivity index (χ0v) is 20.1. The maximum absolute atomic E-state index is 13.4. The van der Waals surface area contributed by atoms with Gasteiger partial charge >= 0.3 is 6.36 Å². The molecule has 1 amide bonds. The molecule has 0 saturated carbocycles. The number of aromatic nitrogens is 2. The summed E-state index contributed by atoms with van der Waals surface area (Å²) in [6, 6.07) is 14.9. The van der Waals surface area contributed by atoms with Crippen LogP contribution >= 0.6 is 0 Å². The van der Waals surface area contributed by atoms with E-state index >= 15 is 0 Å². The predicted molar refractivity (Wildman–Crippen MR) is 130 cm³/mol. The number of nitrogens with one attached hydrogen (secondary N) is 2. The van der Waals surface area contributed by atoms with Gasteiger partial charge in [0.15, 0.2) is 11.4 Å². The van der Waals surface area contributed by atoms with Crippen LogP contribution < -0.4 is 25.0 Å². The van der Waals surface area contributed by atoms with Crippen molar-refractivity contribution in [3.8, 4) is 11.5 Å². The van der Waals surface area contributed by atoms with Crippen LogP contribution in [0.25, 0.3) is 0 Å². The van der Waals surface area contributed by atoms with Crippen molar-refractivity contribution in [3.05, 3.63) is 72.4 Å². The van der Waals surface area contributed by atoms with Gasteiger partial charge in [-0.25, -0.2) is 0 Å². The highest BCUT2D eigenvalue weighted by Gasteiger charge is 2.44. The summed E-state index contributed by atoms with van der Waals surface area (Å²) in [7, 11) is 0. The van der Waals surface area contributed by atoms with E-state index in [-0.39, 0.29) is 29.7 Å². The Morgan fingerprint density at radius 3 is 2.24 bits per heavy atom. The number of halogens is 3. The number of alkyl halides is 3. The molecule has 0 aliphatic carbocycles. The highest BCUT2D eigenvalue weighted by atomic mass is 19.4. The minimum absolute atomic E-state index is 0.109. The van der Waals surface area contributed by atoms with E-state index in [1.54, 1.807) is 36.4 Å². The average molecular weight is 528 g/mol. The third-order valence-corrected chi connectivity index (χ3v) is 6.43. The van der Waals surface area contributed by atoms with Gasteiger partial charge in [0.25, 0.3) is 0 Å². The summed E-state index contributed by atoms with van der Waals surface area (Å²) in [6.07, 6.45) is -2.93. The molecule has 0 radical (unpaired) electrons. The molecule has 9 nitrogen and oxygen atoms in total. The Morgan fingerprint density at radius 1 is 0.974 bits per heavy atom. The smallest absolute Gasteiger partial charge is 0.478 e. The van der Waals surface area contributed by atoms with Gasteiger partial charge in [-0.3, -0.25) is 14.5 Å². The standard InChI is InChI=1S/C26H24F3N5O4/c27-26(28,29)38-21-7-3-17(4-8-21)23(35)25(11-13-30-16-25)37-20-9-5-19(6-10-20)34(22-2-1-12-32-33-22)24(36)18-14-31-15-18/h1-10,12,18,30-31H,11,13-16H2/t25-/m1/s1. The number of Topliss-reactive ketones (excluding diaryl/α,β-unsaturated/α-hetero) is 1. The van der Waals surface area contributed by atoms with Gasteiger partial charge in [-0.15, -0.1) is 18.3 Å². The number of amides is 1. The topological polar surface area (TPSA) is 106 Å². The molecule has 0 unspecified atom stereocenters. The Bertz CT molecular complexity index is 1280. The number of hydrogen-bond donors (Lipinski definition) is 2. The van der Waals surface area contributed by atoms with Crippen LogP contribution in [0.4, 0.5) is 24.7 Å². The number of ether oxygens (including phenoxy) is 2. The lowest BCUT2D eigenvalue weighted by Gasteiger charge is -2.32. The van der Waals surface area contributed by atoms with Crippen molar-refractivity contribution in [2.45, 2.75) is 18.4 Å². The number of rotatable bonds is 8. The van der Waals surface area contributed by atoms with Crippen LogP contribution in [-0.2, 0) is 4.79 Å². The second-order valence-electron chi connectivity index (χ2n) is 9.03. The van der Waals surface area contributed by atoms with E-state index in [2.05, 4.69) is 25.6 Å². The first-order chi connectivity index (χ1) is 18.2. The zero-order chi connectivity index (χ0) is 26.8. The molecule has 1 atom stereocenters. The molecule has 2 aliphatic heterocycles. The average Bonchev–Trinajstić information content (AvgIpc) is 3.33. The molecule has 0 bridgehead atoms. The SMILES string of the molecule is O=C(C1CNC1)N(c1ccc(O[C@]2(C(=O)c3ccc(OC(F)(F)F)cc3)CCNC2)cc1)c1cccnn1. The minimum Gasteiger partial charge on any atom is -0.478 e. The zero-order valence-electron chi connectivity index (χ0n) is 20.1. The van der Waals surface area contributed by atoms with E-state index in [0.717, 1.165) is 12.1 Å². The van der Waals surface area contributed by atoms with Crippen molar-refractivity contribution in [1.29, 1.82) is 0 Å². The van der Waals surface area contributed by atoms with E-state index in [9.17, 15) is 22.8 Å². The van der Waals surface area contributed by atoms with Crippen molar-refractivity contribution < 1.29 is 32.2 Å². The third kappa shape index (κ3) is 5.46. The van der Waals surface area contributed by atoms with Crippen LogP contribution in [0.3, 0.4) is 0 Å². The normalized spacial score (nSPS) is 19.4. The van der Waals surface area contributed by atoms with Crippen LogP contribution in [0.5, 0.6) is 11.5 Å². The summed E-state index contributed by atoms with van der Waals surface area (Å²) in [5, 5.41) is 14.2. The second-order valence-corrected chi connectivity index (χ2v) is 9.03. The molecule has 38 heavy (non-hydrogen) atoms. The van der Waals surface area contributed by atoms with E-state index in [1.165, 1.54) is 23.2 Å². The number of carbonyl (C=O) groups excluding carboxylic acids is 2. The number of hydrogen-bond acceptors (Lipinski definition) is 8. The predicted octanol–water partition coefficient (Wildman–Crippen LogP) is 3.25. The number of anilines is 2. The minimum atomic E-state index is -4.82. The van der Waals surface area contributed by atoms with Crippen LogP contribution in [0.1, 0.15) is 16.8 Å². The number of carbonyl (C=O) groups is 2. The Kier molecular flexibility index (Phi) is 7.00. The fourth-order valence-corrected chi connectivity index (χ4v) is 4.39. The maximum atomic E-state index is 13.4. The first kappa shape index (κ1) is 25.6. The van der Waals surface area contributed by atoms with E-state index in [1.807, 2.05) is 0 Å². The molecular formula is C26H24F3N5O4. The van der Waals surface area contributed by atoms with Crippen LogP contribution in [0.15, 0.2) is 66.9 Å². The number of ketones is 1. The summed E-state index contributed by atoms with van der Waals surface area (Å²) in [4.78, 5) is 28.1. The number of nitrogens with zero attached hydrogens (tertiary/aromatic N) is 3. The molecule has 2 N–H and O–H groups in total. The maximum Gasteiger partial charge on any atom is 0.573 e. The van der Waals surface area contributed by atoms with Gasteiger partial charge in [0, 0.05) is 37.8 Å². The molecule has 12 heteroatoms. The van der Waals surface area contributed by atoms with E-state index in [4.69, 9.17) is 4.74 Å². The van der Waals surface area contributed by atoms with Gasteiger partial charge in [0.1, 0.15) is 11.5 Å². The molecule has 198 valence electrons. The van der Waals surface area contributed by atoms with Crippen LogP contribution in [0, 0.1) is 5.92 Å². The largest absolute Gasteiger partial charge is 0.573 e. The van der Waals surface area contributed by atoms with E-state index in [0.29, 0.717) is 43.3 Å². The Morgan fingerprint density at radius 2 is 1.68 bits per heavy atom.